The summed E-state index contributed by atoms with van der Waals surface area (Å²) in [6, 6.07) is 1.84. The van der Waals surface area contributed by atoms with E-state index in [9.17, 15) is 0 Å². The lowest BCUT2D eigenvalue weighted by Gasteiger charge is -2.19. The molecule has 1 heterocycles. The first-order valence-corrected chi connectivity index (χ1v) is 6.55. The Morgan fingerprint density at radius 2 is 2.18 bits per heavy atom. The fourth-order valence-electron chi connectivity index (χ4n) is 1.63. The van der Waals surface area contributed by atoms with E-state index in [1.807, 2.05) is 0 Å². The van der Waals surface area contributed by atoms with Crippen molar-refractivity contribution in [2.24, 2.45) is 0 Å². The van der Waals surface area contributed by atoms with Gasteiger partial charge in [0.05, 0.1) is 21.8 Å². The first-order chi connectivity index (χ1) is 8.08. The van der Waals surface area contributed by atoms with E-state index in [0.29, 0.717) is 10.0 Å². The molecule has 1 rings (SSSR count). The van der Waals surface area contributed by atoms with Crippen molar-refractivity contribution >= 4 is 23.2 Å². The van der Waals surface area contributed by atoms with Gasteiger partial charge in [-0.1, -0.05) is 49.2 Å². The van der Waals surface area contributed by atoms with Gasteiger partial charge in [0.15, 0.2) is 0 Å². The van der Waals surface area contributed by atoms with Gasteiger partial charge in [0.2, 0.25) is 0 Å². The summed E-state index contributed by atoms with van der Waals surface area (Å²) >= 11 is 12.0. The Morgan fingerprint density at radius 1 is 1.47 bits per heavy atom. The number of rotatable bonds is 6. The summed E-state index contributed by atoms with van der Waals surface area (Å²) in [4.78, 5) is 4.32. The number of nitrogens with zero attached hydrogens (tertiary/aromatic N) is 1. The Bertz CT molecular complexity index is 391. The minimum Gasteiger partial charge on any atom is -0.309 e. The molecule has 2 nitrogen and oxygen atoms in total. The van der Waals surface area contributed by atoms with E-state index in [4.69, 9.17) is 23.2 Å². The molecule has 1 aromatic heterocycles. The minimum atomic E-state index is 0.109. The number of pyridine rings is 1. The van der Waals surface area contributed by atoms with Crippen LogP contribution >= 0.6 is 23.2 Å². The lowest BCUT2D eigenvalue weighted by atomic mass is 10.0. The van der Waals surface area contributed by atoms with Gasteiger partial charge < -0.3 is 5.32 Å². The van der Waals surface area contributed by atoms with Crippen LogP contribution in [0.4, 0.5) is 0 Å². The molecule has 1 unspecified atom stereocenters. The van der Waals surface area contributed by atoms with Gasteiger partial charge in [0, 0.05) is 6.20 Å². The Kier molecular flexibility index (Phi) is 5.96. The van der Waals surface area contributed by atoms with Crippen molar-refractivity contribution < 1.29 is 0 Å². The first kappa shape index (κ1) is 14.5. The van der Waals surface area contributed by atoms with E-state index in [1.165, 1.54) is 5.57 Å². The summed E-state index contributed by atoms with van der Waals surface area (Å²) in [5.41, 5.74) is 2.02. The minimum absolute atomic E-state index is 0.109. The quantitative estimate of drug-likeness (QED) is 0.777. The van der Waals surface area contributed by atoms with Gasteiger partial charge in [-0.3, -0.25) is 4.98 Å². The zero-order valence-corrected chi connectivity index (χ0v) is 11.8. The number of nitrogens with one attached hydrogen (secondary N) is 1. The molecule has 1 N–H and O–H groups in total. The second-order valence-electron chi connectivity index (χ2n) is 3.94. The Balaban J connectivity index is 2.92. The van der Waals surface area contributed by atoms with Crippen molar-refractivity contribution in [3.05, 3.63) is 40.2 Å². The summed E-state index contributed by atoms with van der Waals surface area (Å²) in [5.74, 6) is 0. The molecule has 0 saturated heterocycles. The van der Waals surface area contributed by atoms with Crippen LogP contribution in [0.2, 0.25) is 10.0 Å². The van der Waals surface area contributed by atoms with Crippen LogP contribution in [-0.2, 0) is 0 Å². The molecule has 4 heteroatoms. The van der Waals surface area contributed by atoms with Gasteiger partial charge >= 0.3 is 0 Å². The number of aromatic nitrogens is 1. The Labute approximate surface area is 113 Å². The Morgan fingerprint density at radius 3 is 2.71 bits per heavy atom. The number of hydrogen-bond donors (Lipinski definition) is 1. The van der Waals surface area contributed by atoms with Gasteiger partial charge in [0.25, 0.3) is 0 Å². The van der Waals surface area contributed by atoms with Crippen molar-refractivity contribution in [1.29, 1.82) is 0 Å². The van der Waals surface area contributed by atoms with Crippen LogP contribution < -0.4 is 5.32 Å². The predicted molar refractivity (Wildman–Crippen MR) is 74.7 cm³/mol. The molecule has 94 valence electrons. The van der Waals surface area contributed by atoms with Gasteiger partial charge in [-0.25, -0.2) is 0 Å². The maximum atomic E-state index is 6.17. The first-order valence-electron chi connectivity index (χ1n) is 5.79. The van der Waals surface area contributed by atoms with Crippen molar-refractivity contribution in [2.75, 3.05) is 6.54 Å². The maximum Gasteiger partial charge on any atom is 0.0763 e. The summed E-state index contributed by atoms with van der Waals surface area (Å²) in [5, 5.41) is 4.54. The third-order valence-electron chi connectivity index (χ3n) is 2.61. The van der Waals surface area contributed by atoms with Crippen LogP contribution in [0.1, 0.15) is 38.4 Å². The van der Waals surface area contributed by atoms with Crippen LogP contribution in [0.5, 0.6) is 0 Å². The summed E-state index contributed by atoms with van der Waals surface area (Å²) in [6.07, 6.45) is 3.44. The monoisotopic (exact) mass is 272 g/mol. The summed E-state index contributed by atoms with van der Waals surface area (Å²) in [6.45, 7) is 9.05. The largest absolute Gasteiger partial charge is 0.309 e. The molecular weight excluding hydrogens is 255 g/mol. The summed E-state index contributed by atoms with van der Waals surface area (Å²) in [7, 11) is 0. The van der Waals surface area contributed by atoms with Gasteiger partial charge in [0.1, 0.15) is 0 Å². The molecule has 1 atom stereocenters. The van der Waals surface area contributed by atoms with Crippen LogP contribution in [-0.4, -0.2) is 11.5 Å². The SMILES string of the molecule is C=C(CC)CC(NCC)c1ncc(Cl)cc1Cl. The molecule has 0 bridgehead atoms. The molecule has 0 aliphatic rings. The van der Waals surface area contributed by atoms with E-state index in [1.54, 1.807) is 12.3 Å². The zero-order valence-electron chi connectivity index (χ0n) is 10.3. The smallest absolute Gasteiger partial charge is 0.0763 e. The molecular formula is C13H18Cl2N2. The molecule has 0 saturated carbocycles. The van der Waals surface area contributed by atoms with Crippen LogP contribution in [0.15, 0.2) is 24.4 Å². The van der Waals surface area contributed by atoms with Crippen molar-refractivity contribution in [1.82, 2.24) is 10.3 Å². The van der Waals surface area contributed by atoms with Gasteiger partial charge in [-0.15, -0.1) is 0 Å². The van der Waals surface area contributed by atoms with E-state index >= 15 is 0 Å². The summed E-state index contributed by atoms with van der Waals surface area (Å²) < 4.78 is 0. The highest BCUT2D eigenvalue weighted by atomic mass is 35.5. The topological polar surface area (TPSA) is 24.9 Å². The van der Waals surface area contributed by atoms with E-state index in [2.05, 4.69) is 30.7 Å². The molecule has 0 fully saturated rings. The predicted octanol–water partition coefficient (Wildman–Crippen LogP) is 4.40. The average molecular weight is 273 g/mol. The fourth-order valence-corrected chi connectivity index (χ4v) is 2.14. The number of hydrogen-bond acceptors (Lipinski definition) is 2. The molecule has 0 spiro atoms. The fraction of sp³-hybridized carbons (Fsp3) is 0.462. The van der Waals surface area contributed by atoms with Crippen molar-refractivity contribution in [2.45, 2.75) is 32.7 Å². The van der Waals surface area contributed by atoms with Crippen molar-refractivity contribution in [3.8, 4) is 0 Å². The highest BCUT2D eigenvalue weighted by Crippen LogP contribution is 2.28. The van der Waals surface area contributed by atoms with Gasteiger partial charge in [-0.2, -0.15) is 0 Å². The molecule has 0 aliphatic carbocycles. The highest BCUT2D eigenvalue weighted by molar-refractivity contribution is 6.34. The van der Waals surface area contributed by atoms with Crippen LogP contribution in [0.25, 0.3) is 0 Å². The Hall–Kier alpha value is -0.570. The molecule has 1 aromatic rings. The van der Waals surface area contributed by atoms with Crippen LogP contribution in [0.3, 0.4) is 0 Å². The molecule has 0 aromatic carbocycles. The highest BCUT2D eigenvalue weighted by Gasteiger charge is 2.16. The maximum absolute atomic E-state index is 6.17. The third kappa shape index (κ3) is 4.30. The average Bonchev–Trinajstić information content (AvgIpc) is 2.28. The zero-order chi connectivity index (χ0) is 12.8. The molecule has 0 aliphatic heterocycles. The van der Waals surface area contributed by atoms with E-state index in [-0.39, 0.29) is 6.04 Å². The molecule has 17 heavy (non-hydrogen) atoms. The second-order valence-corrected chi connectivity index (χ2v) is 4.78. The van der Waals surface area contributed by atoms with Crippen LogP contribution in [0, 0.1) is 0 Å². The van der Waals surface area contributed by atoms with E-state index < -0.39 is 0 Å². The normalized spacial score (nSPS) is 12.5. The van der Waals surface area contributed by atoms with Gasteiger partial charge in [-0.05, 0) is 25.5 Å². The third-order valence-corrected chi connectivity index (χ3v) is 3.12. The lowest BCUT2D eigenvalue weighted by molar-refractivity contribution is 0.530. The molecule has 0 radical (unpaired) electrons. The number of halogens is 2. The standard InChI is InChI=1S/C13H18Cl2N2/c1-4-9(3)6-12(16-5-2)13-11(15)7-10(14)8-17-13/h7-8,12,16H,3-6H2,1-2H3. The van der Waals surface area contributed by atoms with Crippen molar-refractivity contribution in [3.63, 3.8) is 0 Å². The lowest BCUT2D eigenvalue weighted by Crippen LogP contribution is -2.22. The second kappa shape index (κ2) is 7.00. The van der Waals surface area contributed by atoms with E-state index in [0.717, 1.165) is 25.1 Å². The molecule has 0 amide bonds.